The molecule has 5 rings (SSSR count). The second kappa shape index (κ2) is 6.54. The van der Waals surface area contributed by atoms with Crippen LogP contribution in [0.15, 0.2) is 66.9 Å². The molecule has 0 spiro atoms. The largest absolute Gasteiger partial charge is 0.364 e. The van der Waals surface area contributed by atoms with Crippen LogP contribution < -0.4 is 4.90 Å². The maximum Gasteiger partial charge on any atom is 0.104 e. The minimum absolute atomic E-state index is 0.415. The molecule has 4 nitrogen and oxygen atoms in total. The monoisotopic (exact) mass is 354 g/mol. The summed E-state index contributed by atoms with van der Waals surface area (Å²) in [5.74, 6) is 0.968. The lowest BCUT2D eigenvalue weighted by molar-refractivity contribution is 0.720. The Bertz CT molecular complexity index is 1070. The Morgan fingerprint density at radius 2 is 1.93 bits per heavy atom. The summed E-state index contributed by atoms with van der Waals surface area (Å²) in [7, 11) is 0. The third kappa shape index (κ3) is 2.97. The van der Waals surface area contributed by atoms with Gasteiger partial charge in [0.05, 0.1) is 22.8 Å². The molecular weight excluding hydrogens is 332 g/mol. The van der Waals surface area contributed by atoms with Crippen LogP contribution in [0.1, 0.15) is 30.3 Å². The molecule has 0 amide bonds. The molecule has 4 aromatic rings. The van der Waals surface area contributed by atoms with Crippen LogP contribution in [-0.4, -0.2) is 21.5 Å². The van der Waals surface area contributed by atoms with Crippen molar-refractivity contribution < 1.29 is 0 Å². The quantitative estimate of drug-likeness (QED) is 0.545. The zero-order valence-corrected chi connectivity index (χ0v) is 15.4. The molecule has 0 aliphatic carbocycles. The number of rotatable bonds is 3. The van der Waals surface area contributed by atoms with Gasteiger partial charge in [0.25, 0.3) is 0 Å². The van der Waals surface area contributed by atoms with Gasteiger partial charge in [-0.25, -0.2) is 4.98 Å². The molecular formula is C23H22N4. The number of hydrogen-bond acceptors (Lipinski definition) is 3. The van der Waals surface area contributed by atoms with E-state index in [0.29, 0.717) is 6.04 Å². The fraction of sp³-hybridized carbons (Fsp3) is 0.217. The first-order valence-corrected chi connectivity index (χ1v) is 9.52. The molecule has 3 heterocycles. The molecule has 1 aliphatic heterocycles. The lowest BCUT2D eigenvalue weighted by atomic mass is 10.0. The number of anilines is 1. The Morgan fingerprint density at radius 3 is 2.74 bits per heavy atom. The fourth-order valence-electron chi connectivity index (χ4n) is 4.14. The summed E-state index contributed by atoms with van der Waals surface area (Å²) in [5.41, 5.74) is 6.98. The second-order valence-corrected chi connectivity index (χ2v) is 7.21. The molecule has 1 saturated heterocycles. The van der Waals surface area contributed by atoms with Gasteiger partial charge in [0.1, 0.15) is 5.82 Å². The molecule has 0 bridgehead atoms. The number of nitrogens with zero attached hydrogens (tertiary/aromatic N) is 3. The molecule has 4 heteroatoms. The highest BCUT2D eigenvalue weighted by atomic mass is 15.2. The molecule has 0 radical (unpaired) electrons. The van der Waals surface area contributed by atoms with Crippen molar-refractivity contribution in [1.82, 2.24) is 15.0 Å². The fourth-order valence-corrected chi connectivity index (χ4v) is 4.14. The van der Waals surface area contributed by atoms with Crippen LogP contribution in [0.4, 0.5) is 5.69 Å². The van der Waals surface area contributed by atoms with E-state index in [0.717, 1.165) is 34.7 Å². The van der Waals surface area contributed by atoms with E-state index in [4.69, 9.17) is 0 Å². The van der Waals surface area contributed by atoms with E-state index in [9.17, 15) is 0 Å². The van der Waals surface area contributed by atoms with Crippen LogP contribution in [0.3, 0.4) is 0 Å². The molecule has 1 atom stereocenters. The van der Waals surface area contributed by atoms with Crippen LogP contribution in [0.2, 0.25) is 0 Å². The number of aromatic nitrogens is 3. The number of nitrogens with one attached hydrogen (secondary N) is 1. The normalized spacial score (nSPS) is 16.9. The van der Waals surface area contributed by atoms with Crippen LogP contribution >= 0.6 is 0 Å². The smallest absolute Gasteiger partial charge is 0.104 e. The van der Waals surface area contributed by atoms with E-state index in [1.54, 1.807) is 0 Å². The van der Waals surface area contributed by atoms with Crippen molar-refractivity contribution in [3.63, 3.8) is 0 Å². The minimum atomic E-state index is 0.415. The summed E-state index contributed by atoms with van der Waals surface area (Å²) in [4.78, 5) is 14.9. The van der Waals surface area contributed by atoms with E-state index in [2.05, 4.69) is 68.4 Å². The SMILES string of the molecule is Cc1nc2ccc([C@H]3CCCN3c3ccc(-c4ccccn4)cc3)cc2[nH]1. The lowest BCUT2D eigenvalue weighted by Crippen LogP contribution is -2.22. The van der Waals surface area contributed by atoms with Crippen molar-refractivity contribution in [1.29, 1.82) is 0 Å². The first kappa shape index (κ1) is 16.1. The molecule has 1 aliphatic rings. The van der Waals surface area contributed by atoms with Crippen molar-refractivity contribution in [3.05, 3.63) is 78.2 Å². The van der Waals surface area contributed by atoms with Gasteiger partial charge in [0.2, 0.25) is 0 Å². The maximum absolute atomic E-state index is 4.52. The van der Waals surface area contributed by atoms with Crippen LogP contribution in [0.25, 0.3) is 22.3 Å². The molecule has 2 aromatic heterocycles. The molecule has 134 valence electrons. The summed E-state index contributed by atoms with van der Waals surface area (Å²) in [6.07, 6.45) is 4.24. The van der Waals surface area contributed by atoms with Crippen LogP contribution in [0, 0.1) is 6.92 Å². The lowest BCUT2D eigenvalue weighted by Gasteiger charge is -2.27. The highest BCUT2D eigenvalue weighted by Crippen LogP contribution is 2.37. The van der Waals surface area contributed by atoms with E-state index < -0.39 is 0 Å². The third-order valence-corrected chi connectivity index (χ3v) is 5.42. The van der Waals surface area contributed by atoms with E-state index >= 15 is 0 Å². The summed E-state index contributed by atoms with van der Waals surface area (Å²) < 4.78 is 0. The molecule has 0 saturated carbocycles. The van der Waals surface area contributed by atoms with Crippen LogP contribution in [0.5, 0.6) is 0 Å². The van der Waals surface area contributed by atoms with E-state index in [1.165, 1.54) is 24.1 Å². The van der Waals surface area contributed by atoms with Crippen molar-refractivity contribution in [3.8, 4) is 11.3 Å². The second-order valence-electron chi connectivity index (χ2n) is 7.21. The molecule has 1 fully saturated rings. The number of imidazole rings is 1. The number of pyridine rings is 1. The van der Waals surface area contributed by atoms with Gasteiger partial charge in [-0.05, 0) is 61.7 Å². The Labute approximate surface area is 158 Å². The number of benzene rings is 2. The topological polar surface area (TPSA) is 44.8 Å². The molecule has 1 N–H and O–H groups in total. The van der Waals surface area contributed by atoms with Crippen molar-refractivity contribution in [2.24, 2.45) is 0 Å². The average Bonchev–Trinajstić information content (AvgIpc) is 3.34. The van der Waals surface area contributed by atoms with Gasteiger partial charge in [-0.1, -0.05) is 24.3 Å². The average molecular weight is 354 g/mol. The van der Waals surface area contributed by atoms with E-state index in [1.807, 2.05) is 25.3 Å². The van der Waals surface area contributed by atoms with Gasteiger partial charge < -0.3 is 9.88 Å². The van der Waals surface area contributed by atoms with E-state index in [-0.39, 0.29) is 0 Å². The summed E-state index contributed by atoms with van der Waals surface area (Å²) in [6.45, 7) is 3.10. The van der Waals surface area contributed by atoms with Crippen molar-refractivity contribution >= 4 is 16.7 Å². The predicted octanol–water partition coefficient (Wildman–Crippen LogP) is 5.27. The van der Waals surface area contributed by atoms with Crippen molar-refractivity contribution in [2.75, 3.05) is 11.4 Å². The Hall–Kier alpha value is -3.14. The summed E-state index contributed by atoms with van der Waals surface area (Å²) in [6, 6.07) is 21.9. The molecule has 27 heavy (non-hydrogen) atoms. The van der Waals surface area contributed by atoms with Gasteiger partial charge in [-0.15, -0.1) is 0 Å². The molecule has 2 aromatic carbocycles. The number of hydrogen-bond donors (Lipinski definition) is 1. The first-order chi connectivity index (χ1) is 13.3. The predicted molar refractivity (Wildman–Crippen MR) is 110 cm³/mol. The molecule has 0 unspecified atom stereocenters. The standard InChI is InChI=1S/C23H22N4/c1-16-25-21-12-9-18(15-22(21)26-16)23-6-4-14-27(23)19-10-7-17(8-11-19)20-5-2-3-13-24-20/h2-3,5,7-13,15,23H,4,6,14H2,1H3,(H,25,26)/t23-/m1/s1. The number of aromatic amines is 1. The van der Waals surface area contributed by atoms with Crippen LogP contribution in [-0.2, 0) is 0 Å². The van der Waals surface area contributed by atoms with Crippen molar-refractivity contribution in [2.45, 2.75) is 25.8 Å². The number of H-pyrrole nitrogens is 1. The number of aryl methyl sites for hydroxylation is 1. The minimum Gasteiger partial charge on any atom is -0.364 e. The number of fused-ring (bicyclic) bond motifs is 1. The highest BCUT2D eigenvalue weighted by molar-refractivity contribution is 5.76. The Morgan fingerprint density at radius 1 is 1.04 bits per heavy atom. The summed E-state index contributed by atoms with van der Waals surface area (Å²) in [5, 5.41) is 0. The Balaban J connectivity index is 1.45. The Kier molecular flexibility index (Phi) is 3.89. The van der Waals surface area contributed by atoms with Gasteiger partial charge in [0, 0.05) is 24.0 Å². The van der Waals surface area contributed by atoms with Gasteiger partial charge >= 0.3 is 0 Å². The highest BCUT2D eigenvalue weighted by Gasteiger charge is 2.26. The van der Waals surface area contributed by atoms with Gasteiger partial charge in [0.15, 0.2) is 0 Å². The summed E-state index contributed by atoms with van der Waals surface area (Å²) >= 11 is 0. The van der Waals surface area contributed by atoms with Gasteiger partial charge in [-0.3, -0.25) is 4.98 Å². The zero-order valence-electron chi connectivity index (χ0n) is 15.4. The van der Waals surface area contributed by atoms with Gasteiger partial charge in [-0.2, -0.15) is 0 Å². The first-order valence-electron chi connectivity index (χ1n) is 9.52. The third-order valence-electron chi connectivity index (χ3n) is 5.42. The zero-order chi connectivity index (χ0) is 18.2. The maximum atomic E-state index is 4.52.